The van der Waals surface area contributed by atoms with E-state index in [4.69, 9.17) is 26.3 Å². The van der Waals surface area contributed by atoms with Crippen LogP contribution in [0.4, 0.5) is 0 Å². The molecule has 0 radical (unpaired) electrons. The van der Waals surface area contributed by atoms with Crippen LogP contribution in [-0.4, -0.2) is 29.7 Å². The Morgan fingerprint density at radius 1 is 1.30 bits per heavy atom. The normalized spacial score (nSPS) is 11.2. The fourth-order valence-corrected chi connectivity index (χ4v) is 2.96. The molecule has 0 saturated heterocycles. The Morgan fingerprint density at radius 2 is 2.13 bits per heavy atom. The van der Waals surface area contributed by atoms with Crippen LogP contribution in [0.25, 0.3) is 22.0 Å². The fourth-order valence-electron chi connectivity index (χ4n) is 2.75. The Kier molecular flexibility index (Phi) is 6.83. The topological polar surface area (TPSA) is 105 Å². The quantitative estimate of drug-likeness (QED) is 0.452. The number of hydrogen-bond acceptors (Lipinski definition) is 6. The summed E-state index contributed by atoms with van der Waals surface area (Å²) in [5.41, 5.74) is 1.00. The molecule has 0 spiro atoms. The van der Waals surface area contributed by atoms with E-state index in [0.29, 0.717) is 36.1 Å². The summed E-state index contributed by atoms with van der Waals surface area (Å²) >= 11 is 6.40. The van der Waals surface area contributed by atoms with E-state index in [1.807, 2.05) is 18.2 Å². The van der Waals surface area contributed by atoms with E-state index in [0.717, 1.165) is 5.56 Å². The van der Waals surface area contributed by atoms with E-state index in [9.17, 15) is 9.59 Å². The number of H-pyrrole nitrogens is 1. The summed E-state index contributed by atoms with van der Waals surface area (Å²) in [6.45, 7) is 0.441. The molecule has 0 bridgehead atoms. The largest absolute Gasteiger partial charge is 0.494 e. The lowest BCUT2D eigenvalue weighted by Gasteiger charge is -2.06. The highest BCUT2D eigenvalue weighted by molar-refractivity contribution is 6.50. The second-order valence-electron chi connectivity index (χ2n) is 6.31. The maximum atomic E-state index is 12.4. The van der Waals surface area contributed by atoms with Crippen LogP contribution in [0.5, 0.6) is 5.75 Å². The Balaban J connectivity index is 1.89. The van der Waals surface area contributed by atoms with Crippen molar-refractivity contribution in [3.8, 4) is 11.8 Å². The van der Waals surface area contributed by atoms with Crippen LogP contribution in [0, 0.1) is 11.3 Å². The number of nitriles is 1. The first kappa shape index (κ1) is 21.1. The molecule has 0 aliphatic heterocycles. The molecule has 0 aliphatic carbocycles. The van der Waals surface area contributed by atoms with Gasteiger partial charge in [-0.05, 0) is 48.4 Å². The van der Waals surface area contributed by atoms with E-state index in [1.54, 1.807) is 12.1 Å². The Bertz CT molecular complexity index is 1210. The minimum atomic E-state index is -0.520. The van der Waals surface area contributed by atoms with Crippen LogP contribution in [-0.2, 0) is 4.74 Å². The molecule has 1 aromatic heterocycles. The summed E-state index contributed by atoms with van der Waals surface area (Å²) in [7, 11) is 1.28. The van der Waals surface area contributed by atoms with Gasteiger partial charge in [0.2, 0.25) is 0 Å². The molecule has 152 valence electrons. The van der Waals surface area contributed by atoms with E-state index < -0.39 is 5.97 Å². The number of carbonyl (C=O) groups excluding carboxylic acids is 1. The van der Waals surface area contributed by atoms with Crippen LogP contribution in [0.1, 0.15) is 34.6 Å². The number of esters is 1. The van der Waals surface area contributed by atoms with Crippen molar-refractivity contribution in [1.29, 1.82) is 5.26 Å². The molecule has 1 heterocycles. The highest BCUT2D eigenvalue weighted by Crippen LogP contribution is 2.23. The molecular weight excluding hydrogens is 406 g/mol. The number of benzene rings is 2. The van der Waals surface area contributed by atoms with Crippen LogP contribution < -0.4 is 10.3 Å². The minimum absolute atomic E-state index is 0.177. The first-order chi connectivity index (χ1) is 14.5. The zero-order chi connectivity index (χ0) is 21.5. The molecule has 8 heteroatoms. The van der Waals surface area contributed by atoms with Gasteiger partial charge in [-0.3, -0.25) is 4.79 Å². The molecule has 7 nitrogen and oxygen atoms in total. The van der Waals surface area contributed by atoms with Gasteiger partial charge in [-0.25, -0.2) is 9.78 Å². The number of halogens is 1. The van der Waals surface area contributed by atoms with Crippen molar-refractivity contribution in [2.24, 2.45) is 0 Å². The van der Waals surface area contributed by atoms with E-state index in [-0.39, 0.29) is 22.0 Å². The number of nitrogens with one attached hydrogen (secondary N) is 1. The number of ether oxygens (including phenoxy) is 2. The van der Waals surface area contributed by atoms with Gasteiger partial charge in [-0.1, -0.05) is 23.7 Å². The second-order valence-corrected chi connectivity index (χ2v) is 6.72. The van der Waals surface area contributed by atoms with E-state index >= 15 is 0 Å². The number of unbranched alkanes of at least 4 members (excludes halogenated alkanes) is 1. The van der Waals surface area contributed by atoms with E-state index in [2.05, 4.69) is 16.0 Å². The summed E-state index contributed by atoms with van der Waals surface area (Å²) in [6, 6.07) is 13.8. The molecule has 3 rings (SSSR count). The second kappa shape index (κ2) is 9.72. The van der Waals surface area contributed by atoms with Gasteiger partial charge in [0, 0.05) is 6.42 Å². The molecule has 1 N–H and O–H groups in total. The summed E-state index contributed by atoms with van der Waals surface area (Å²) in [5.74, 6) is 0.305. The zero-order valence-corrected chi connectivity index (χ0v) is 16.9. The zero-order valence-electron chi connectivity index (χ0n) is 16.1. The molecule has 0 unspecified atom stereocenters. The molecule has 3 aromatic rings. The third kappa shape index (κ3) is 5.04. The first-order valence-electron chi connectivity index (χ1n) is 9.11. The predicted molar refractivity (Wildman–Crippen MR) is 114 cm³/mol. The fraction of sp³-hybridized carbons (Fsp3) is 0.182. The predicted octanol–water partition coefficient (Wildman–Crippen LogP) is 4.13. The smallest absolute Gasteiger partial charge is 0.337 e. The van der Waals surface area contributed by atoms with Crippen LogP contribution in [0.3, 0.4) is 0 Å². The van der Waals surface area contributed by atoms with Gasteiger partial charge < -0.3 is 14.5 Å². The van der Waals surface area contributed by atoms with Gasteiger partial charge in [0.1, 0.15) is 5.75 Å². The molecule has 0 fully saturated rings. The van der Waals surface area contributed by atoms with Gasteiger partial charge >= 0.3 is 5.97 Å². The minimum Gasteiger partial charge on any atom is -0.494 e. The van der Waals surface area contributed by atoms with Gasteiger partial charge in [0.25, 0.3) is 5.56 Å². The summed E-state index contributed by atoms with van der Waals surface area (Å²) < 4.78 is 10.3. The number of rotatable bonds is 7. The lowest BCUT2D eigenvalue weighted by atomic mass is 10.1. The van der Waals surface area contributed by atoms with Gasteiger partial charge in [0.15, 0.2) is 5.82 Å². The van der Waals surface area contributed by atoms with Gasteiger partial charge in [-0.2, -0.15) is 5.26 Å². The lowest BCUT2D eigenvalue weighted by molar-refractivity contribution is 0.0601. The third-order valence-electron chi connectivity index (χ3n) is 4.21. The highest BCUT2D eigenvalue weighted by atomic mass is 35.5. The average molecular weight is 424 g/mol. The number of hydrogen-bond donors (Lipinski definition) is 1. The molecule has 0 atom stereocenters. The number of fused-ring (bicyclic) bond motifs is 1. The molecular formula is C22H18ClN3O4. The Labute approximate surface area is 177 Å². The van der Waals surface area contributed by atoms with Crippen LogP contribution >= 0.6 is 11.6 Å². The number of carbonyl (C=O) groups is 1. The average Bonchev–Trinajstić information content (AvgIpc) is 2.76. The summed E-state index contributed by atoms with van der Waals surface area (Å²) in [6.07, 6.45) is 2.73. The van der Waals surface area contributed by atoms with Crippen molar-refractivity contribution in [3.05, 3.63) is 69.8 Å². The Hall–Kier alpha value is -3.63. The SMILES string of the molecule is COC(=O)c1ccc2c(=O)[nH]c(/C(Cl)=C/c3cccc(OCCCC#N)c3)nc2c1. The van der Waals surface area contributed by atoms with Gasteiger partial charge in [-0.15, -0.1) is 0 Å². The van der Waals surface area contributed by atoms with Crippen LogP contribution in [0.2, 0.25) is 0 Å². The molecule has 0 aliphatic rings. The Morgan fingerprint density at radius 3 is 2.90 bits per heavy atom. The monoisotopic (exact) mass is 423 g/mol. The molecule has 0 saturated carbocycles. The maximum Gasteiger partial charge on any atom is 0.337 e. The van der Waals surface area contributed by atoms with Crippen molar-refractivity contribution in [1.82, 2.24) is 9.97 Å². The number of aromatic nitrogens is 2. The lowest BCUT2D eigenvalue weighted by Crippen LogP contribution is -2.11. The van der Waals surface area contributed by atoms with Crippen molar-refractivity contribution in [2.75, 3.05) is 13.7 Å². The summed E-state index contributed by atoms with van der Waals surface area (Å²) in [4.78, 5) is 31.2. The highest BCUT2D eigenvalue weighted by Gasteiger charge is 2.11. The molecule has 0 amide bonds. The maximum absolute atomic E-state index is 12.4. The first-order valence-corrected chi connectivity index (χ1v) is 9.49. The summed E-state index contributed by atoms with van der Waals surface area (Å²) in [5, 5.41) is 9.13. The van der Waals surface area contributed by atoms with E-state index in [1.165, 1.54) is 25.3 Å². The standard InChI is InChI=1S/C22H18ClN3O4/c1-29-22(28)15-7-8-17-19(13-15)25-20(26-21(17)27)18(23)12-14-5-4-6-16(11-14)30-10-3-2-9-24/h4-8,11-13H,2-3,10H2,1H3,(H,25,26,27)/b18-12-. The number of methoxy groups -OCH3 is 1. The number of nitrogens with zero attached hydrogens (tertiary/aromatic N) is 2. The molecule has 30 heavy (non-hydrogen) atoms. The van der Waals surface area contributed by atoms with Crippen molar-refractivity contribution in [3.63, 3.8) is 0 Å². The van der Waals surface area contributed by atoms with Crippen molar-refractivity contribution in [2.45, 2.75) is 12.8 Å². The van der Waals surface area contributed by atoms with Crippen LogP contribution in [0.15, 0.2) is 47.3 Å². The number of aromatic amines is 1. The van der Waals surface area contributed by atoms with Crippen molar-refractivity contribution >= 4 is 39.6 Å². The van der Waals surface area contributed by atoms with Gasteiger partial charge in [0.05, 0.1) is 41.3 Å². The molecule has 2 aromatic carbocycles. The van der Waals surface area contributed by atoms with Crippen molar-refractivity contribution < 1.29 is 14.3 Å². The third-order valence-corrected chi connectivity index (χ3v) is 4.50.